The normalized spacial score (nSPS) is 22.5. The number of nitrogens with zero attached hydrogens (tertiary/aromatic N) is 1. The van der Waals surface area contributed by atoms with E-state index in [4.69, 9.17) is 5.73 Å². The Hall–Kier alpha value is -0.0300. The van der Waals surface area contributed by atoms with E-state index in [1.54, 1.807) is 0 Å². The standard InChI is InChI=1S/C11H21N3O.2ClH/c12-10-3-7-14(8-4-10)11(15)9-1-5-13-6-2-9;;/h9-10,13H,1-8,12H2;2*1H. The lowest BCUT2D eigenvalue weighted by molar-refractivity contribution is -0.137. The van der Waals surface area contributed by atoms with Crippen LogP contribution < -0.4 is 11.1 Å². The molecule has 4 nitrogen and oxygen atoms in total. The first-order valence-electron chi connectivity index (χ1n) is 6.02. The van der Waals surface area contributed by atoms with Gasteiger partial charge in [-0.2, -0.15) is 0 Å². The highest BCUT2D eigenvalue weighted by Gasteiger charge is 2.27. The molecule has 102 valence electrons. The van der Waals surface area contributed by atoms with Crippen LogP contribution in [-0.2, 0) is 4.79 Å². The minimum Gasteiger partial charge on any atom is -0.342 e. The first-order chi connectivity index (χ1) is 7.27. The van der Waals surface area contributed by atoms with E-state index in [9.17, 15) is 4.79 Å². The molecule has 2 fully saturated rings. The second-order valence-corrected chi connectivity index (χ2v) is 4.69. The summed E-state index contributed by atoms with van der Waals surface area (Å²) in [5.74, 6) is 0.629. The van der Waals surface area contributed by atoms with Crippen molar-refractivity contribution in [3.8, 4) is 0 Å². The van der Waals surface area contributed by atoms with Crippen LogP contribution in [-0.4, -0.2) is 43.0 Å². The van der Waals surface area contributed by atoms with Crippen LogP contribution in [0.3, 0.4) is 0 Å². The molecule has 0 saturated carbocycles. The van der Waals surface area contributed by atoms with Crippen molar-refractivity contribution >= 4 is 30.7 Å². The van der Waals surface area contributed by atoms with Crippen molar-refractivity contribution in [1.29, 1.82) is 0 Å². The number of carbonyl (C=O) groups excluding carboxylic acids is 1. The summed E-state index contributed by atoms with van der Waals surface area (Å²) in [7, 11) is 0. The molecule has 0 atom stereocenters. The Morgan fingerprint density at radius 3 is 2.12 bits per heavy atom. The predicted molar refractivity (Wildman–Crippen MR) is 73.9 cm³/mol. The summed E-state index contributed by atoms with van der Waals surface area (Å²) in [6.45, 7) is 3.71. The number of nitrogens with one attached hydrogen (secondary N) is 1. The molecule has 0 radical (unpaired) electrons. The molecular weight excluding hydrogens is 261 g/mol. The fraction of sp³-hybridized carbons (Fsp3) is 0.909. The zero-order valence-electron chi connectivity index (χ0n) is 10.1. The maximum absolute atomic E-state index is 12.1. The van der Waals surface area contributed by atoms with Gasteiger partial charge in [-0.05, 0) is 38.8 Å². The number of carbonyl (C=O) groups is 1. The van der Waals surface area contributed by atoms with Gasteiger partial charge < -0.3 is 16.0 Å². The van der Waals surface area contributed by atoms with Gasteiger partial charge >= 0.3 is 0 Å². The molecule has 2 rings (SSSR count). The fourth-order valence-corrected chi connectivity index (χ4v) is 2.45. The second kappa shape index (κ2) is 8.14. The quantitative estimate of drug-likeness (QED) is 0.748. The number of halogens is 2. The molecule has 0 unspecified atom stereocenters. The summed E-state index contributed by atoms with van der Waals surface area (Å²) >= 11 is 0. The molecule has 6 heteroatoms. The first kappa shape index (κ1) is 17.0. The number of likely N-dealkylation sites (tertiary alicyclic amines) is 1. The summed E-state index contributed by atoms with van der Waals surface area (Å²) in [5.41, 5.74) is 5.83. The first-order valence-corrected chi connectivity index (χ1v) is 6.02. The Labute approximate surface area is 115 Å². The van der Waals surface area contributed by atoms with Crippen molar-refractivity contribution in [3.63, 3.8) is 0 Å². The predicted octanol–water partition coefficient (Wildman–Crippen LogP) is 0.779. The van der Waals surface area contributed by atoms with Gasteiger partial charge in [0.05, 0.1) is 0 Å². The van der Waals surface area contributed by atoms with Gasteiger partial charge in [0.1, 0.15) is 0 Å². The third-order valence-corrected chi connectivity index (χ3v) is 3.54. The van der Waals surface area contributed by atoms with Crippen molar-refractivity contribution in [1.82, 2.24) is 10.2 Å². The van der Waals surface area contributed by atoms with Crippen LogP contribution >= 0.6 is 24.8 Å². The van der Waals surface area contributed by atoms with E-state index in [1.807, 2.05) is 4.90 Å². The van der Waals surface area contributed by atoms with Gasteiger partial charge in [0, 0.05) is 25.0 Å². The molecule has 2 heterocycles. The highest BCUT2D eigenvalue weighted by Crippen LogP contribution is 2.18. The van der Waals surface area contributed by atoms with Crippen LogP contribution in [0.2, 0.25) is 0 Å². The average Bonchev–Trinajstić information content (AvgIpc) is 2.30. The number of hydrogen-bond donors (Lipinski definition) is 2. The third-order valence-electron chi connectivity index (χ3n) is 3.54. The third kappa shape index (κ3) is 4.62. The molecule has 2 aliphatic rings. The van der Waals surface area contributed by atoms with E-state index in [-0.39, 0.29) is 30.7 Å². The lowest BCUT2D eigenvalue weighted by atomic mass is 9.95. The van der Waals surface area contributed by atoms with Crippen LogP contribution in [0.1, 0.15) is 25.7 Å². The minimum absolute atomic E-state index is 0. The van der Waals surface area contributed by atoms with Gasteiger partial charge in [-0.25, -0.2) is 0 Å². The molecule has 2 saturated heterocycles. The highest BCUT2D eigenvalue weighted by atomic mass is 35.5. The number of hydrogen-bond acceptors (Lipinski definition) is 3. The number of piperidine rings is 2. The largest absolute Gasteiger partial charge is 0.342 e. The van der Waals surface area contributed by atoms with Gasteiger partial charge in [0.2, 0.25) is 5.91 Å². The molecule has 0 spiro atoms. The fourth-order valence-electron chi connectivity index (χ4n) is 2.45. The molecule has 1 amide bonds. The molecule has 0 aliphatic carbocycles. The molecule has 0 aromatic heterocycles. The van der Waals surface area contributed by atoms with Crippen molar-refractivity contribution in [2.45, 2.75) is 31.7 Å². The van der Waals surface area contributed by atoms with Gasteiger partial charge in [-0.3, -0.25) is 4.79 Å². The lowest BCUT2D eigenvalue weighted by Gasteiger charge is -2.34. The summed E-state index contributed by atoms with van der Waals surface area (Å²) < 4.78 is 0. The number of nitrogens with two attached hydrogens (primary N) is 1. The Morgan fingerprint density at radius 1 is 1.06 bits per heavy atom. The van der Waals surface area contributed by atoms with Gasteiger partial charge in [-0.1, -0.05) is 0 Å². The van der Waals surface area contributed by atoms with Crippen molar-refractivity contribution in [2.24, 2.45) is 11.7 Å². The molecule has 0 bridgehead atoms. The van der Waals surface area contributed by atoms with Gasteiger partial charge in [0.15, 0.2) is 0 Å². The smallest absolute Gasteiger partial charge is 0.225 e. The monoisotopic (exact) mass is 283 g/mol. The number of rotatable bonds is 1. The summed E-state index contributed by atoms with van der Waals surface area (Å²) in [5, 5.41) is 3.29. The molecule has 0 aromatic rings. The molecule has 2 aliphatic heterocycles. The van der Waals surface area contributed by atoms with Gasteiger partial charge in [0.25, 0.3) is 0 Å². The Balaban J connectivity index is 0.00000128. The van der Waals surface area contributed by atoms with Crippen molar-refractivity contribution < 1.29 is 4.79 Å². The van der Waals surface area contributed by atoms with E-state index >= 15 is 0 Å². The maximum Gasteiger partial charge on any atom is 0.225 e. The highest BCUT2D eigenvalue weighted by molar-refractivity contribution is 5.85. The zero-order chi connectivity index (χ0) is 10.7. The summed E-state index contributed by atoms with van der Waals surface area (Å²) in [4.78, 5) is 14.1. The Bertz CT molecular complexity index is 227. The Kier molecular flexibility index (Phi) is 8.12. The van der Waals surface area contributed by atoms with E-state index in [1.165, 1.54) is 0 Å². The van der Waals surface area contributed by atoms with Crippen LogP contribution in [0.25, 0.3) is 0 Å². The van der Waals surface area contributed by atoms with Crippen LogP contribution in [0.4, 0.5) is 0 Å². The lowest BCUT2D eigenvalue weighted by Crippen LogP contribution is -2.47. The zero-order valence-corrected chi connectivity index (χ0v) is 11.7. The molecular formula is C11H23Cl2N3O. The summed E-state index contributed by atoms with van der Waals surface area (Å²) in [6.07, 6.45) is 3.94. The van der Waals surface area contributed by atoms with Crippen molar-refractivity contribution in [2.75, 3.05) is 26.2 Å². The van der Waals surface area contributed by atoms with E-state index in [0.29, 0.717) is 11.9 Å². The van der Waals surface area contributed by atoms with E-state index in [2.05, 4.69) is 5.32 Å². The van der Waals surface area contributed by atoms with E-state index in [0.717, 1.165) is 51.9 Å². The molecule has 0 aromatic carbocycles. The number of amides is 1. The van der Waals surface area contributed by atoms with Crippen LogP contribution in [0.5, 0.6) is 0 Å². The second-order valence-electron chi connectivity index (χ2n) is 4.69. The van der Waals surface area contributed by atoms with Gasteiger partial charge in [-0.15, -0.1) is 24.8 Å². The Morgan fingerprint density at radius 2 is 1.59 bits per heavy atom. The van der Waals surface area contributed by atoms with E-state index < -0.39 is 0 Å². The SMILES string of the molecule is Cl.Cl.NC1CCN(C(=O)C2CCNCC2)CC1. The molecule has 3 N–H and O–H groups in total. The van der Waals surface area contributed by atoms with Crippen molar-refractivity contribution in [3.05, 3.63) is 0 Å². The van der Waals surface area contributed by atoms with Crippen LogP contribution in [0.15, 0.2) is 0 Å². The topological polar surface area (TPSA) is 58.4 Å². The maximum atomic E-state index is 12.1. The van der Waals surface area contributed by atoms with Crippen LogP contribution in [0, 0.1) is 5.92 Å². The molecule has 17 heavy (non-hydrogen) atoms. The minimum atomic E-state index is 0. The average molecular weight is 284 g/mol. The summed E-state index contributed by atoms with van der Waals surface area (Å²) in [6, 6.07) is 0.307.